The third kappa shape index (κ3) is 2.84. The summed E-state index contributed by atoms with van der Waals surface area (Å²) in [6, 6.07) is 5.53. The topological polar surface area (TPSA) is 55.6 Å². The monoisotopic (exact) mass is 312 g/mol. The molecule has 98 valence electrons. The zero-order chi connectivity index (χ0) is 13.1. The number of hydrogen-bond donors (Lipinski definition) is 1. The first-order valence-corrected chi connectivity index (χ1v) is 6.79. The fourth-order valence-corrected chi connectivity index (χ4v) is 2.54. The number of amides is 1. The molecular weight excluding hydrogens is 296 g/mol. The van der Waals surface area contributed by atoms with E-state index < -0.39 is 0 Å². The van der Waals surface area contributed by atoms with Gasteiger partial charge in [-0.05, 0) is 31.0 Å². The number of halogens is 1. The maximum Gasteiger partial charge on any atom is 0.232 e. The lowest BCUT2D eigenvalue weighted by Gasteiger charge is -2.27. The standard InChI is InChI=1S/C13H17BrN2O2/c1-16(12-5-4-10(14)7-11(12)15)13(17)9-3-2-6-18-8-9/h4-5,7,9H,2-3,6,8,15H2,1H3. The maximum atomic E-state index is 12.3. The Morgan fingerprint density at radius 1 is 1.56 bits per heavy atom. The van der Waals surface area contributed by atoms with Gasteiger partial charge in [-0.1, -0.05) is 15.9 Å². The molecule has 1 aliphatic rings. The predicted octanol–water partition coefficient (Wildman–Crippen LogP) is 2.42. The highest BCUT2D eigenvalue weighted by Gasteiger charge is 2.26. The van der Waals surface area contributed by atoms with Crippen molar-refractivity contribution < 1.29 is 9.53 Å². The third-order valence-electron chi connectivity index (χ3n) is 3.19. The molecule has 1 heterocycles. The zero-order valence-corrected chi connectivity index (χ0v) is 11.9. The van der Waals surface area contributed by atoms with Crippen molar-refractivity contribution in [2.24, 2.45) is 5.92 Å². The Bertz CT molecular complexity index is 445. The average molecular weight is 313 g/mol. The normalized spacial score (nSPS) is 19.6. The highest BCUT2D eigenvalue weighted by molar-refractivity contribution is 9.10. The molecule has 1 atom stereocenters. The zero-order valence-electron chi connectivity index (χ0n) is 10.4. The summed E-state index contributed by atoms with van der Waals surface area (Å²) in [5.74, 6) is 0.0236. The number of hydrogen-bond acceptors (Lipinski definition) is 3. The van der Waals surface area contributed by atoms with Crippen molar-refractivity contribution in [3.05, 3.63) is 22.7 Å². The van der Waals surface area contributed by atoms with Crippen LogP contribution in [0.2, 0.25) is 0 Å². The molecule has 1 amide bonds. The molecule has 0 aromatic heterocycles. The molecular formula is C13H17BrN2O2. The third-order valence-corrected chi connectivity index (χ3v) is 3.68. The van der Waals surface area contributed by atoms with E-state index >= 15 is 0 Å². The lowest BCUT2D eigenvalue weighted by Crippen LogP contribution is -2.37. The highest BCUT2D eigenvalue weighted by atomic mass is 79.9. The Balaban J connectivity index is 2.14. The Morgan fingerprint density at radius 2 is 2.33 bits per heavy atom. The van der Waals surface area contributed by atoms with Crippen LogP contribution in [-0.4, -0.2) is 26.2 Å². The molecule has 0 saturated carbocycles. The Kier molecular flexibility index (Phi) is 4.24. The van der Waals surface area contributed by atoms with Crippen LogP contribution >= 0.6 is 15.9 Å². The maximum absolute atomic E-state index is 12.3. The second-order valence-corrected chi connectivity index (χ2v) is 5.43. The number of nitrogens with two attached hydrogens (primary N) is 1. The lowest BCUT2D eigenvalue weighted by atomic mass is 10.0. The summed E-state index contributed by atoms with van der Waals surface area (Å²) in [6.45, 7) is 1.27. The Morgan fingerprint density at radius 3 is 2.94 bits per heavy atom. The number of carbonyl (C=O) groups is 1. The first kappa shape index (κ1) is 13.4. The number of benzene rings is 1. The summed E-state index contributed by atoms with van der Waals surface area (Å²) >= 11 is 3.36. The van der Waals surface area contributed by atoms with Gasteiger partial charge in [0.05, 0.1) is 23.9 Å². The molecule has 4 nitrogen and oxygen atoms in total. The molecule has 1 fully saturated rings. The van der Waals surface area contributed by atoms with Crippen molar-refractivity contribution in [3.8, 4) is 0 Å². The van der Waals surface area contributed by atoms with Gasteiger partial charge in [0.1, 0.15) is 0 Å². The highest BCUT2D eigenvalue weighted by Crippen LogP contribution is 2.28. The van der Waals surface area contributed by atoms with Gasteiger partial charge in [-0.25, -0.2) is 0 Å². The number of rotatable bonds is 2. The molecule has 0 aliphatic carbocycles. The summed E-state index contributed by atoms with van der Waals surface area (Å²) in [7, 11) is 1.76. The van der Waals surface area contributed by atoms with Crippen LogP contribution in [0.1, 0.15) is 12.8 Å². The Labute approximate surface area is 115 Å². The van der Waals surface area contributed by atoms with Gasteiger partial charge < -0.3 is 15.4 Å². The van der Waals surface area contributed by atoms with E-state index in [-0.39, 0.29) is 11.8 Å². The van der Waals surface area contributed by atoms with E-state index in [2.05, 4.69) is 15.9 Å². The van der Waals surface area contributed by atoms with E-state index in [4.69, 9.17) is 10.5 Å². The lowest BCUT2D eigenvalue weighted by molar-refractivity contribution is -0.125. The largest absolute Gasteiger partial charge is 0.397 e. The summed E-state index contributed by atoms with van der Waals surface area (Å²) < 4.78 is 6.26. The second-order valence-electron chi connectivity index (χ2n) is 4.51. The molecule has 1 saturated heterocycles. The fraction of sp³-hybridized carbons (Fsp3) is 0.462. The number of anilines is 2. The summed E-state index contributed by atoms with van der Waals surface area (Å²) in [4.78, 5) is 13.9. The molecule has 18 heavy (non-hydrogen) atoms. The van der Waals surface area contributed by atoms with Crippen molar-refractivity contribution in [2.75, 3.05) is 30.9 Å². The van der Waals surface area contributed by atoms with E-state index in [0.717, 1.165) is 29.6 Å². The first-order chi connectivity index (χ1) is 8.59. The van der Waals surface area contributed by atoms with Crippen molar-refractivity contribution in [2.45, 2.75) is 12.8 Å². The molecule has 0 radical (unpaired) electrons. The van der Waals surface area contributed by atoms with Crippen molar-refractivity contribution in [1.29, 1.82) is 0 Å². The van der Waals surface area contributed by atoms with Crippen LogP contribution in [0.5, 0.6) is 0 Å². The van der Waals surface area contributed by atoms with Gasteiger partial charge in [0, 0.05) is 18.1 Å². The van der Waals surface area contributed by atoms with Gasteiger partial charge in [0.2, 0.25) is 5.91 Å². The van der Waals surface area contributed by atoms with Crippen LogP contribution in [0.25, 0.3) is 0 Å². The summed E-state index contributed by atoms with van der Waals surface area (Å²) in [5, 5.41) is 0. The van der Waals surface area contributed by atoms with Gasteiger partial charge in [0.25, 0.3) is 0 Å². The van der Waals surface area contributed by atoms with Gasteiger partial charge >= 0.3 is 0 Å². The minimum atomic E-state index is -0.0493. The average Bonchev–Trinajstić information content (AvgIpc) is 2.38. The van der Waals surface area contributed by atoms with Crippen molar-refractivity contribution in [1.82, 2.24) is 0 Å². The second kappa shape index (κ2) is 5.71. The number of carbonyl (C=O) groups excluding carboxylic acids is 1. The van der Waals surface area contributed by atoms with E-state index in [1.165, 1.54) is 0 Å². The summed E-state index contributed by atoms with van der Waals surface area (Å²) in [5.41, 5.74) is 7.27. The van der Waals surface area contributed by atoms with E-state index in [1.54, 1.807) is 18.0 Å². The molecule has 1 aliphatic heterocycles. The summed E-state index contributed by atoms with van der Waals surface area (Å²) in [6.07, 6.45) is 1.83. The molecule has 1 unspecified atom stereocenters. The quantitative estimate of drug-likeness (QED) is 0.853. The van der Waals surface area contributed by atoms with Crippen LogP contribution in [0, 0.1) is 5.92 Å². The fourth-order valence-electron chi connectivity index (χ4n) is 2.16. The van der Waals surface area contributed by atoms with Gasteiger partial charge in [-0.3, -0.25) is 4.79 Å². The smallest absolute Gasteiger partial charge is 0.232 e. The Hall–Kier alpha value is -1.07. The van der Waals surface area contributed by atoms with E-state index in [9.17, 15) is 4.79 Å². The first-order valence-electron chi connectivity index (χ1n) is 6.00. The van der Waals surface area contributed by atoms with Crippen LogP contribution < -0.4 is 10.6 Å². The minimum absolute atomic E-state index is 0.0493. The van der Waals surface area contributed by atoms with Crippen LogP contribution in [-0.2, 0) is 9.53 Å². The predicted molar refractivity (Wildman–Crippen MR) is 75.5 cm³/mol. The SMILES string of the molecule is CN(C(=O)C1CCCOC1)c1ccc(Br)cc1N. The molecule has 0 spiro atoms. The molecule has 5 heteroatoms. The van der Waals surface area contributed by atoms with Gasteiger partial charge in [-0.2, -0.15) is 0 Å². The van der Waals surface area contributed by atoms with Crippen LogP contribution in [0.3, 0.4) is 0 Å². The van der Waals surface area contributed by atoms with Crippen molar-refractivity contribution in [3.63, 3.8) is 0 Å². The van der Waals surface area contributed by atoms with E-state index in [1.807, 2.05) is 12.1 Å². The van der Waals surface area contributed by atoms with Gasteiger partial charge in [-0.15, -0.1) is 0 Å². The molecule has 1 aromatic rings. The van der Waals surface area contributed by atoms with Crippen LogP contribution in [0.4, 0.5) is 11.4 Å². The number of ether oxygens (including phenoxy) is 1. The van der Waals surface area contributed by atoms with Crippen molar-refractivity contribution >= 4 is 33.2 Å². The van der Waals surface area contributed by atoms with Crippen LogP contribution in [0.15, 0.2) is 22.7 Å². The molecule has 0 bridgehead atoms. The van der Waals surface area contributed by atoms with E-state index in [0.29, 0.717) is 12.3 Å². The molecule has 2 N–H and O–H groups in total. The number of nitrogen functional groups attached to an aromatic ring is 1. The number of nitrogens with zero attached hydrogens (tertiary/aromatic N) is 1. The molecule has 2 rings (SSSR count). The van der Waals surface area contributed by atoms with Gasteiger partial charge in [0.15, 0.2) is 0 Å². The molecule has 1 aromatic carbocycles. The minimum Gasteiger partial charge on any atom is -0.397 e.